The first-order valence-electron chi connectivity index (χ1n) is 5.90. The van der Waals surface area contributed by atoms with E-state index in [0.29, 0.717) is 0 Å². The van der Waals surface area contributed by atoms with E-state index in [1.54, 1.807) is 20.8 Å². The summed E-state index contributed by atoms with van der Waals surface area (Å²) in [6.07, 6.45) is 0. The maximum Gasteiger partial charge on any atom is 0.360 e. The van der Waals surface area contributed by atoms with Crippen molar-refractivity contribution >= 4 is 21.9 Å². The number of ether oxygens (including phenoxy) is 1. The Bertz CT molecular complexity index is 475. The van der Waals surface area contributed by atoms with E-state index in [-0.39, 0.29) is 15.9 Å². The van der Waals surface area contributed by atoms with Crippen LogP contribution in [0.5, 0.6) is 0 Å². The van der Waals surface area contributed by atoms with Crippen LogP contribution in [0.4, 0.5) is 0 Å². The Morgan fingerprint density at radius 1 is 1.60 bits per heavy atom. The number of esters is 1. The predicted octanol–water partition coefficient (Wildman–Crippen LogP) is 2.45. The van der Waals surface area contributed by atoms with Gasteiger partial charge in [-0.15, -0.1) is 0 Å². The zero-order chi connectivity index (χ0) is 14.3. The molecule has 0 bridgehead atoms. The highest BCUT2D eigenvalue weighted by molar-refractivity contribution is 9.10. The van der Waals surface area contributed by atoms with Crippen LogP contribution in [-0.4, -0.2) is 21.4 Å². The maximum atomic E-state index is 11.9. The lowest BCUT2D eigenvalue weighted by Crippen LogP contribution is -2.24. The van der Waals surface area contributed by atoms with Crippen molar-refractivity contribution in [2.75, 3.05) is 0 Å². The quantitative estimate of drug-likeness (QED) is 0.741. The molecular weight excluding hydrogens is 260 g/mol. The van der Waals surface area contributed by atoms with Gasteiger partial charge in [0.25, 0.3) is 0 Å². The van der Waals surface area contributed by atoms with Gasteiger partial charge in [0.15, 0.2) is 5.69 Å². The third kappa shape index (κ3) is 2.81. The molecule has 0 aliphatic rings. The molecule has 5 heteroatoms. The summed E-state index contributed by atoms with van der Waals surface area (Å²) in [5.74, 6) is -0.652. The summed E-state index contributed by atoms with van der Waals surface area (Å²) >= 11 is 3.10. The molecule has 0 fully saturated rings. The molecular formula is C10H15BrN2O2. The number of nitrogens with zero attached hydrogens (tertiary/aromatic N) is 2. The summed E-state index contributed by atoms with van der Waals surface area (Å²) in [4.78, 5) is 11.9. The van der Waals surface area contributed by atoms with Gasteiger partial charge in [-0.1, -0.05) is 0 Å². The SMILES string of the molecule is [2H]C([2H])([2H])c1c(Br)c(C(=O)OC(C)(C)C)nn1C. The first kappa shape index (κ1) is 8.33. The monoisotopic (exact) mass is 277 g/mol. The summed E-state index contributed by atoms with van der Waals surface area (Å²) in [5, 5.41) is 3.90. The molecule has 15 heavy (non-hydrogen) atoms. The lowest BCUT2D eigenvalue weighted by Gasteiger charge is -2.18. The van der Waals surface area contributed by atoms with Crippen LogP contribution >= 0.6 is 15.9 Å². The second-order valence-corrected chi connectivity index (χ2v) is 4.93. The van der Waals surface area contributed by atoms with Gasteiger partial charge in [-0.2, -0.15) is 5.10 Å². The summed E-state index contributed by atoms with van der Waals surface area (Å²) < 4.78 is 28.6. The van der Waals surface area contributed by atoms with Crippen molar-refractivity contribution in [1.29, 1.82) is 0 Å². The number of aromatic nitrogens is 2. The van der Waals surface area contributed by atoms with E-state index in [1.165, 1.54) is 7.05 Å². The van der Waals surface area contributed by atoms with Gasteiger partial charge in [0.1, 0.15) is 5.60 Å². The van der Waals surface area contributed by atoms with Crippen molar-refractivity contribution in [2.24, 2.45) is 7.05 Å². The van der Waals surface area contributed by atoms with Crippen LogP contribution in [0.15, 0.2) is 4.47 Å². The van der Waals surface area contributed by atoms with Crippen molar-refractivity contribution in [3.05, 3.63) is 15.9 Å². The molecule has 0 unspecified atom stereocenters. The Morgan fingerprint density at radius 2 is 2.20 bits per heavy atom. The average Bonchev–Trinajstić information content (AvgIpc) is 2.37. The molecule has 0 amide bonds. The molecule has 1 heterocycles. The van der Waals surface area contributed by atoms with E-state index in [2.05, 4.69) is 21.0 Å². The van der Waals surface area contributed by atoms with E-state index in [4.69, 9.17) is 8.85 Å². The fourth-order valence-electron chi connectivity index (χ4n) is 0.955. The van der Waals surface area contributed by atoms with Crippen LogP contribution in [-0.2, 0) is 11.8 Å². The van der Waals surface area contributed by atoms with Crippen LogP contribution in [0.25, 0.3) is 0 Å². The summed E-state index contributed by atoms with van der Waals surface area (Å²) in [7, 11) is 1.47. The highest BCUT2D eigenvalue weighted by Crippen LogP contribution is 2.22. The largest absolute Gasteiger partial charge is 0.455 e. The minimum Gasteiger partial charge on any atom is -0.455 e. The maximum absolute atomic E-state index is 11.9. The van der Waals surface area contributed by atoms with Crippen molar-refractivity contribution in [1.82, 2.24) is 9.78 Å². The second kappa shape index (κ2) is 3.96. The van der Waals surface area contributed by atoms with E-state index >= 15 is 0 Å². The summed E-state index contributed by atoms with van der Waals surface area (Å²) in [6, 6.07) is 0. The van der Waals surface area contributed by atoms with Crippen molar-refractivity contribution in [3.8, 4) is 0 Å². The van der Waals surface area contributed by atoms with Gasteiger partial charge >= 0.3 is 5.97 Å². The second-order valence-electron chi connectivity index (χ2n) is 4.14. The number of hydrogen-bond donors (Lipinski definition) is 0. The van der Waals surface area contributed by atoms with Gasteiger partial charge < -0.3 is 4.74 Å². The number of hydrogen-bond acceptors (Lipinski definition) is 3. The topological polar surface area (TPSA) is 44.1 Å². The van der Waals surface area contributed by atoms with Gasteiger partial charge in [-0.05, 0) is 43.6 Å². The molecule has 0 aliphatic carbocycles. The third-order valence-electron chi connectivity index (χ3n) is 1.58. The van der Waals surface area contributed by atoms with Gasteiger partial charge in [0, 0.05) is 11.2 Å². The minimum absolute atomic E-state index is 0.0247. The molecule has 1 aromatic rings. The van der Waals surface area contributed by atoms with Gasteiger partial charge in [-0.3, -0.25) is 4.68 Å². The molecule has 0 radical (unpaired) electrons. The summed E-state index contributed by atoms with van der Waals surface area (Å²) in [5.41, 5.74) is -0.712. The van der Waals surface area contributed by atoms with E-state index < -0.39 is 18.4 Å². The van der Waals surface area contributed by atoms with E-state index in [1.807, 2.05) is 0 Å². The third-order valence-corrected chi connectivity index (χ3v) is 2.33. The predicted molar refractivity (Wildman–Crippen MR) is 60.8 cm³/mol. The van der Waals surface area contributed by atoms with Crippen LogP contribution in [0, 0.1) is 6.85 Å². The molecule has 4 nitrogen and oxygen atoms in total. The minimum atomic E-state index is -2.35. The van der Waals surface area contributed by atoms with Crippen molar-refractivity contribution in [2.45, 2.75) is 33.2 Å². The van der Waals surface area contributed by atoms with Crippen molar-refractivity contribution in [3.63, 3.8) is 0 Å². The van der Waals surface area contributed by atoms with Gasteiger partial charge in [0.05, 0.1) is 10.2 Å². The molecule has 0 atom stereocenters. The van der Waals surface area contributed by atoms with E-state index in [0.717, 1.165) is 4.68 Å². The lowest BCUT2D eigenvalue weighted by atomic mass is 10.2. The number of carbonyl (C=O) groups excluding carboxylic acids is 1. The standard InChI is InChI=1S/C10H15BrN2O2/c1-6-7(11)8(12-13(6)5)9(14)15-10(2,3)4/h1-5H3/i1D3. The molecule has 1 rings (SSSR count). The first-order valence-corrected chi connectivity index (χ1v) is 5.19. The molecule has 0 saturated heterocycles. The molecule has 0 N–H and O–H groups in total. The molecule has 0 aromatic carbocycles. The van der Waals surface area contributed by atoms with Gasteiger partial charge in [-0.25, -0.2) is 4.79 Å². The van der Waals surface area contributed by atoms with E-state index in [9.17, 15) is 4.79 Å². The van der Waals surface area contributed by atoms with Crippen LogP contribution in [0.1, 0.15) is 41.1 Å². The molecule has 84 valence electrons. The summed E-state index contributed by atoms with van der Waals surface area (Å²) in [6.45, 7) is 2.84. The first-order chi connectivity index (χ1) is 7.93. The fraction of sp³-hybridized carbons (Fsp3) is 0.600. The average molecular weight is 278 g/mol. The van der Waals surface area contributed by atoms with Crippen LogP contribution in [0.2, 0.25) is 0 Å². The molecule has 0 spiro atoms. The number of rotatable bonds is 1. The fourth-order valence-corrected chi connectivity index (χ4v) is 1.45. The smallest absolute Gasteiger partial charge is 0.360 e. The Morgan fingerprint density at radius 3 is 2.60 bits per heavy atom. The normalized spacial score (nSPS) is 15.4. The highest BCUT2D eigenvalue weighted by Gasteiger charge is 2.23. The zero-order valence-corrected chi connectivity index (χ0v) is 10.7. The molecule has 0 aliphatic heterocycles. The Hall–Kier alpha value is -0.840. The Labute approximate surface area is 102 Å². The van der Waals surface area contributed by atoms with Crippen LogP contribution in [0.3, 0.4) is 0 Å². The molecule has 0 saturated carbocycles. The van der Waals surface area contributed by atoms with Crippen LogP contribution < -0.4 is 0 Å². The Balaban J connectivity index is 3.18. The molecule has 1 aromatic heterocycles. The highest BCUT2D eigenvalue weighted by atomic mass is 79.9. The number of aryl methyl sites for hydroxylation is 1. The zero-order valence-electron chi connectivity index (χ0n) is 12.1. The lowest BCUT2D eigenvalue weighted by molar-refractivity contribution is 0.00610. The number of carbonyl (C=O) groups is 1. The van der Waals surface area contributed by atoms with Crippen molar-refractivity contribution < 1.29 is 13.6 Å². The number of halogens is 1. The Kier molecular flexibility index (Phi) is 2.20. The van der Waals surface area contributed by atoms with Gasteiger partial charge in [0.2, 0.25) is 0 Å².